The van der Waals surface area contributed by atoms with Crippen LogP contribution in [0, 0.1) is 11.8 Å². The Bertz CT molecular complexity index is 674. The molecule has 4 rings (SSSR count). The number of fused-ring (bicyclic) bond motifs is 1. The lowest BCUT2D eigenvalue weighted by atomic mass is 9.84. The largest absolute Gasteiger partial charge is 0.341 e. The van der Waals surface area contributed by atoms with E-state index < -0.39 is 0 Å². The van der Waals surface area contributed by atoms with Gasteiger partial charge < -0.3 is 9.80 Å². The molecule has 27 heavy (non-hydrogen) atoms. The molecule has 2 aliphatic heterocycles. The van der Waals surface area contributed by atoms with Crippen molar-refractivity contribution in [2.24, 2.45) is 11.8 Å². The fourth-order valence-corrected chi connectivity index (χ4v) is 5.51. The van der Waals surface area contributed by atoms with E-state index in [9.17, 15) is 9.59 Å². The predicted octanol–water partition coefficient (Wildman–Crippen LogP) is 4.11. The molecule has 1 aromatic carbocycles. The van der Waals surface area contributed by atoms with Crippen molar-refractivity contribution in [2.75, 3.05) is 13.1 Å². The number of piperidine rings is 1. The summed E-state index contributed by atoms with van der Waals surface area (Å²) in [6.45, 7) is 3.94. The summed E-state index contributed by atoms with van der Waals surface area (Å²) in [4.78, 5) is 30.9. The first-order valence-corrected chi connectivity index (χ1v) is 10.9. The van der Waals surface area contributed by atoms with Gasteiger partial charge in [0.15, 0.2) is 0 Å². The van der Waals surface area contributed by atoms with Gasteiger partial charge in [-0.1, -0.05) is 44.4 Å². The Balaban J connectivity index is 1.59. The smallest absolute Gasteiger partial charge is 0.254 e. The van der Waals surface area contributed by atoms with Crippen LogP contribution < -0.4 is 0 Å². The molecule has 2 saturated heterocycles. The Morgan fingerprint density at radius 3 is 2.59 bits per heavy atom. The van der Waals surface area contributed by atoms with Crippen molar-refractivity contribution < 1.29 is 9.59 Å². The molecule has 3 aliphatic rings. The first-order valence-electron chi connectivity index (χ1n) is 10.9. The molecule has 0 spiro atoms. The van der Waals surface area contributed by atoms with Gasteiger partial charge in [-0.05, 0) is 56.1 Å². The molecule has 4 unspecified atom stereocenters. The van der Waals surface area contributed by atoms with Gasteiger partial charge in [-0.2, -0.15) is 0 Å². The summed E-state index contributed by atoms with van der Waals surface area (Å²) >= 11 is 0. The van der Waals surface area contributed by atoms with Gasteiger partial charge in [0, 0.05) is 24.7 Å². The topological polar surface area (TPSA) is 40.6 Å². The van der Waals surface area contributed by atoms with Crippen LogP contribution in [0.5, 0.6) is 0 Å². The van der Waals surface area contributed by atoms with Crippen LogP contribution in [-0.2, 0) is 4.79 Å². The molecule has 4 atom stereocenters. The minimum atomic E-state index is -0.263. The molecule has 0 N–H and O–H groups in total. The van der Waals surface area contributed by atoms with E-state index in [0.29, 0.717) is 17.4 Å². The Labute approximate surface area is 162 Å². The number of benzene rings is 1. The molecule has 4 heteroatoms. The van der Waals surface area contributed by atoms with Crippen molar-refractivity contribution in [3.05, 3.63) is 35.9 Å². The molecule has 4 nitrogen and oxygen atoms in total. The monoisotopic (exact) mass is 368 g/mol. The maximum Gasteiger partial charge on any atom is 0.254 e. The quantitative estimate of drug-likeness (QED) is 0.806. The standard InChI is InChI=1S/C23H32N2O2/c1-2-17-9-8-14-24(16-17)23(27)21-15-19-12-6-7-13-20(19)25(21)22(26)18-10-4-3-5-11-18/h3-5,10-11,17,19-21H,2,6-9,12-16H2,1H3. The van der Waals surface area contributed by atoms with Crippen LogP contribution in [-0.4, -0.2) is 46.8 Å². The summed E-state index contributed by atoms with van der Waals surface area (Å²) in [7, 11) is 0. The third kappa shape index (κ3) is 3.63. The van der Waals surface area contributed by atoms with Crippen LogP contribution in [0.2, 0.25) is 0 Å². The van der Waals surface area contributed by atoms with Gasteiger partial charge in [-0.25, -0.2) is 0 Å². The molecule has 146 valence electrons. The number of amides is 2. The Kier molecular flexibility index (Phi) is 5.51. The van der Waals surface area contributed by atoms with E-state index in [4.69, 9.17) is 0 Å². The highest BCUT2D eigenvalue weighted by molar-refractivity contribution is 5.98. The SMILES string of the molecule is CCC1CCCN(C(=O)C2CC3CCCCC3N2C(=O)c2ccccc2)C1. The highest BCUT2D eigenvalue weighted by atomic mass is 16.2. The molecule has 1 aliphatic carbocycles. The zero-order valence-electron chi connectivity index (χ0n) is 16.5. The lowest BCUT2D eigenvalue weighted by molar-refractivity contribution is -0.137. The van der Waals surface area contributed by atoms with Crippen molar-refractivity contribution >= 4 is 11.8 Å². The normalized spacial score (nSPS) is 30.9. The molecule has 1 saturated carbocycles. The van der Waals surface area contributed by atoms with Crippen LogP contribution in [0.3, 0.4) is 0 Å². The first kappa shape index (κ1) is 18.5. The molecule has 0 aromatic heterocycles. The minimum Gasteiger partial charge on any atom is -0.341 e. The van der Waals surface area contributed by atoms with Crippen molar-refractivity contribution in [3.8, 4) is 0 Å². The molecule has 3 fully saturated rings. The van der Waals surface area contributed by atoms with E-state index in [1.165, 1.54) is 19.3 Å². The van der Waals surface area contributed by atoms with Gasteiger partial charge in [0.1, 0.15) is 6.04 Å². The lowest BCUT2D eigenvalue weighted by Gasteiger charge is -2.38. The second kappa shape index (κ2) is 8.04. The highest BCUT2D eigenvalue weighted by Crippen LogP contribution is 2.41. The molecule has 2 amide bonds. The summed E-state index contributed by atoms with van der Waals surface area (Å²) in [6, 6.07) is 9.51. The average Bonchev–Trinajstić information content (AvgIpc) is 3.13. The van der Waals surface area contributed by atoms with Gasteiger partial charge in [-0.15, -0.1) is 0 Å². The zero-order chi connectivity index (χ0) is 18.8. The van der Waals surface area contributed by atoms with Crippen molar-refractivity contribution in [1.29, 1.82) is 0 Å². The van der Waals surface area contributed by atoms with Gasteiger partial charge >= 0.3 is 0 Å². The van der Waals surface area contributed by atoms with Gasteiger partial charge in [0.2, 0.25) is 5.91 Å². The summed E-state index contributed by atoms with van der Waals surface area (Å²) in [5, 5.41) is 0. The Morgan fingerprint density at radius 1 is 1.04 bits per heavy atom. The fourth-order valence-electron chi connectivity index (χ4n) is 5.51. The lowest BCUT2D eigenvalue weighted by Crippen LogP contribution is -2.52. The van der Waals surface area contributed by atoms with Crippen molar-refractivity contribution in [2.45, 2.75) is 70.4 Å². The third-order valence-electron chi connectivity index (χ3n) is 7.04. The maximum atomic E-state index is 13.5. The predicted molar refractivity (Wildman–Crippen MR) is 106 cm³/mol. The van der Waals surface area contributed by atoms with Crippen LogP contribution in [0.25, 0.3) is 0 Å². The van der Waals surface area contributed by atoms with Crippen LogP contribution >= 0.6 is 0 Å². The second-order valence-electron chi connectivity index (χ2n) is 8.64. The number of carbonyl (C=O) groups is 2. The summed E-state index contributed by atoms with van der Waals surface area (Å²) in [5.41, 5.74) is 0.714. The maximum absolute atomic E-state index is 13.5. The fraction of sp³-hybridized carbons (Fsp3) is 0.652. The molecule has 2 heterocycles. The van der Waals surface area contributed by atoms with E-state index >= 15 is 0 Å². The van der Waals surface area contributed by atoms with Crippen LogP contribution in [0.4, 0.5) is 0 Å². The number of nitrogens with zero attached hydrogens (tertiary/aromatic N) is 2. The van der Waals surface area contributed by atoms with Crippen molar-refractivity contribution in [3.63, 3.8) is 0 Å². The molecular formula is C23H32N2O2. The van der Waals surface area contributed by atoms with Gasteiger partial charge in [0.25, 0.3) is 5.91 Å². The van der Waals surface area contributed by atoms with E-state index in [1.54, 1.807) is 0 Å². The van der Waals surface area contributed by atoms with E-state index in [2.05, 4.69) is 11.8 Å². The van der Waals surface area contributed by atoms with E-state index in [-0.39, 0.29) is 23.9 Å². The first-order chi connectivity index (χ1) is 13.2. The molecular weight excluding hydrogens is 336 g/mol. The van der Waals surface area contributed by atoms with E-state index in [1.807, 2.05) is 35.2 Å². The average molecular weight is 369 g/mol. The molecule has 1 aromatic rings. The minimum absolute atomic E-state index is 0.0485. The number of rotatable bonds is 3. The summed E-state index contributed by atoms with van der Waals surface area (Å²) in [6.07, 6.45) is 8.91. The number of likely N-dealkylation sites (tertiary alicyclic amines) is 2. The second-order valence-corrected chi connectivity index (χ2v) is 8.64. The number of hydrogen-bond donors (Lipinski definition) is 0. The van der Waals surface area contributed by atoms with Crippen molar-refractivity contribution in [1.82, 2.24) is 9.80 Å². The van der Waals surface area contributed by atoms with E-state index in [0.717, 1.165) is 45.2 Å². The molecule has 0 radical (unpaired) electrons. The van der Waals surface area contributed by atoms with Gasteiger partial charge in [0.05, 0.1) is 0 Å². The number of hydrogen-bond acceptors (Lipinski definition) is 2. The third-order valence-corrected chi connectivity index (χ3v) is 7.04. The van der Waals surface area contributed by atoms with Crippen LogP contribution in [0.1, 0.15) is 68.6 Å². The Morgan fingerprint density at radius 2 is 1.81 bits per heavy atom. The highest BCUT2D eigenvalue weighted by Gasteiger charge is 2.48. The molecule has 0 bridgehead atoms. The van der Waals surface area contributed by atoms with Crippen LogP contribution in [0.15, 0.2) is 30.3 Å². The zero-order valence-corrected chi connectivity index (χ0v) is 16.5. The van der Waals surface area contributed by atoms with Gasteiger partial charge in [-0.3, -0.25) is 9.59 Å². The number of carbonyl (C=O) groups excluding carboxylic acids is 2. The Hall–Kier alpha value is -1.84. The summed E-state index contributed by atoms with van der Waals surface area (Å²) < 4.78 is 0. The summed E-state index contributed by atoms with van der Waals surface area (Å²) in [5.74, 6) is 1.36.